The summed E-state index contributed by atoms with van der Waals surface area (Å²) in [7, 11) is 0. The molecule has 3 N–H and O–H groups in total. The van der Waals surface area contributed by atoms with Crippen LogP contribution in [-0.4, -0.2) is 4.98 Å². The lowest BCUT2D eigenvalue weighted by molar-refractivity contribution is -0.361. The molecule has 25 heavy (non-hydrogen) atoms. The quantitative estimate of drug-likeness (QED) is 0.562. The van der Waals surface area contributed by atoms with Gasteiger partial charge in [0.25, 0.3) is 5.82 Å². The van der Waals surface area contributed by atoms with Crippen molar-refractivity contribution in [3.8, 4) is 0 Å². The van der Waals surface area contributed by atoms with Gasteiger partial charge in [0.15, 0.2) is 0 Å². The highest BCUT2D eigenvalue weighted by atomic mass is 19.1. The van der Waals surface area contributed by atoms with Crippen LogP contribution in [0.15, 0.2) is 72.9 Å². The predicted molar refractivity (Wildman–Crippen MR) is 97.9 cm³/mol. The van der Waals surface area contributed by atoms with Crippen LogP contribution in [0.25, 0.3) is 10.9 Å². The summed E-state index contributed by atoms with van der Waals surface area (Å²) in [5, 5.41) is 4.72. The molecule has 2 heterocycles. The molecule has 0 spiro atoms. The maximum absolute atomic E-state index is 13.4. The van der Waals surface area contributed by atoms with Gasteiger partial charge in [0.2, 0.25) is 0 Å². The highest BCUT2D eigenvalue weighted by molar-refractivity contribution is 5.86. The Bertz CT molecular complexity index is 991. The van der Waals surface area contributed by atoms with Crippen LogP contribution in [0.1, 0.15) is 22.9 Å². The number of H-pyrrole nitrogens is 2. The monoisotopic (exact) mass is 332 g/mol. The summed E-state index contributed by atoms with van der Waals surface area (Å²) >= 11 is 0. The smallest absolute Gasteiger partial charge is 0.272 e. The van der Waals surface area contributed by atoms with E-state index in [4.69, 9.17) is 0 Å². The van der Waals surface area contributed by atoms with Crippen LogP contribution < -0.4 is 10.3 Å². The Kier molecular flexibility index (Phi) is 3.94. The normalized spacial score (nSPS) is 12.2. The number of fused-ring (bicyclic) bond motifs is 1. The molecule has 0 aliphatic rings. The maximum Gasteiger partial charge on any atom is 0.272 e. The zero-order chi connectivity index (χ0) is 17.2. The average Bonchev–Trinajstić information content (AvgIpc) is 2.97. The van der Waals surface area contributed by atoms with Crippen molar-refractivity contribution in [1.82, 2.24) is 4.98 Å². The van der Waals surface area contributed by atoms with E-state index < -0.39 is 0 Å². The molecule has 0 fully saturated rings. The number of anilines is 1. The molecule has 0 bridgehead atoms. The first-order valence-corrected chi connectivity index (χ1v) is 8.28. The minimum absolute atomic E-state index is 0.101. The molecule has 3 nitrogen and oxygen atoms in total. The van der Waals surface area contributed by atoms with Gasteiger partial charge in [-0.2, -0.15) is 0 Å². The van der Waals surface area contributed by atoms with Gasteiger partial charge >= 0.3 is 0 Å². The van der Waals surface area contributed by atoms with Crippen LogP contribution in [0.2, 0.25) is 0 Å². The first-order valence-electron chi connectivity index (χ1n) is 8.28. The Morgan fingerprint density at radius 1 is 0.960 bits per heavy atom. The molecular formula is C21H19FN3+. The fourth-order valence-electron chi connectivity index (χ4n) is 3.29. The van der Waals surface area contributed by atoms with Gasteiger partial charge in [-0.05, 0) is 31.2 Å². The fraction of sp³-hybridized carbons (Fsp3) is 0.0952. The van der Waals surface area contributed by atoms with Crippen molar-refractivity contribution in [3.63, 3.8) is 0 Å². The van der Waals surface area contributed by atoms with Gasteiger partial charge in [-0.3, -0.25) is 5.32 Å². The summed E-state index contributed by atoms with van der Waals surface area (Å²) < 4.78 is 13.4. The first-order chi connectivity index (χ1) is 12.2. The predicted octanol–water partition coefficient (Wildman–Crippen LogP) is 4.63. The third-order valence-corrected chi connectivity index (χ3v) is 4.44. The van der Waals surface area contributed by atoms with Crippen molar-refractivity contribution >= 4 is 16.7 Å². The van der Waals surface area contributed by atoms with Gasteiger partial charge in [0.05, 0.1) is 6.20 Å². The number of nitrogens with one attached hydrogen (secondary N) is 3. The molecule has 0 aliphatic carbocycles. The van der Waals surface area contributed by atoms with E-state index in [9.17, 15) is 4.39 Å². The first kappa shape index (κ1) is 15.4. The number of hydrogen-bond donors (Lipinski definition) is 2. The maximum atomic E-state index is 13.4. The zero-order valence-corrected chi connectivity index (χ0v) is 13.9. The van der Waals surface area contributed by atoms with Gasteiger partial charge in [0.1, 0.15) is 11.9 Å². The Labute approximate surface area is 145 Å². The Hall–Kier alpha value is -3.14. The summed E-state index contributed by atoms with van der Waals surface area (Å²) in [4.78, 5) is 6.66. The third kappa shape index (κ3) is 2.98. The standard InChI is InChI=1S/C21H18FN3/c1-14-20(17-6-2-3-7-18(17)24-14)21(15-9-11-16(22)12-10-15)25-19-8-4-5-13-23-19/h2-13,21,24H,1H3,(H,23,25)/p+1/t21-/m1/s1. The Morgan fingerprint density at radius 3 is 2.48 bits per heavy atom. The van der Waals surface area contributed by atoms with Crippen LogP contribution >= 0.6 is 0 Å². The number of aryl methyl sites for hydroxylation is 1. The van der Waals surface area contributed by atoms with Gasteiger partial charge in [0, 0.05) is 33.8 Å². The van der Waals surface area contributed by atoms with Gasteiger partial charge in [-0.25, -0.2) is 9.37 Å². The molecule has 0 saturated heterocycles. The van der Waals surface area contributed by atoms with Crippen LogP contribution in [0.3, 0.4) is 0 Å². The van der Waals surface area contributed by atoms with Gasteiger partial charge < -0.3 is 4.98 Å². The van der Waals surface area contributed by atoms with Crippen molar-refractivity contribution in [3.05, 3.63) is 95.6 Å². The van der Waals surface area contributed by atoms with Crippen molar-refractivity contribution in [2.24, 2.45) is 0 Å². The van der Waals surface area contributed by atoms with Gasteiger partial charge in [-0.15, -0.1) is 0 Å². The molecule has 4 rings (SSSR count). The third-order valence-electron chi connectivity index (χ3n) is 4.44. The van der Waals surface area contributed by atoms with E-state index in [1.165, 1.54) is 17.7 Å². The second-order valence-electron chi connectivity index (χ2n) is 6.11. The van der Waals surface area contributed by atoms with Crippen molar-refractivity contribution in [2.45, 2.75) is 13.0 Å². The van der Waals surface area contributed by atoms with E-state index in [1.807, 2.05) is 48.7 Å². The number of hydrogen-bond acceptors (Lipinski definition) is 1. The van der Waals surface area contributed by atoms with Crippen LogP contribution in [0.5, 0.6) is 0 Å². The second-order valence-corrected chi connectivity index (χ2v) is 6.11. The summed E-state index contributed by atoms with van der Waals surface area (Å²) in [6.07, 6.45) is 1.88. The number of pyridine rings is 1. The van der Waals surface area contributed by atoms with Crippen LogP contribution in [-0.2, 0) is 0 Å². The van der Waals surface area contributed by atoms with Crippen LogP contribution in [0.4, 0.5) is 10.2 Å². The number of aromatic amines is 2. The molecule has 4 aromatic rings. The topological polar surface area (TPSA) is 42.0 Å². The van der Waals surface area contributed by atoms with E-state index >= 15 is 0 Å². The highest BCUT2D eigenvalue weighted by Gasteiger charge is 2.25. The molecule has 0 amide bonds. The molecule has 2 aromatic carbocycles. The van der Waals surface area contributed by atoms with Crippen molar-refractivity contribution in [2.75, 3.05) is 5.32 Å². The SMILES string of the molecule is Cc1[nH]c2ccccc2c1[C@H](Nc1cccc[nH+]1)c1ccc(F)cc1. The fourth-order valence-corrected chi connectivity index (χ4v) is 3.29. The number of para-hydroxylation sites is 1. The zero-order valence-electron chi connectivity index (χ0n) is 13.9. The summed E-state index contributed by atoms with van der Waals surface area (Å²) in [5.41, 5.74) is 4.37. The lowest BCUT2D eigenvalue weighted by atomic mass is 9.96. The highest BCUT2D eigenvalue weighted by Crippen LogP contribution is 2.33. The second kappa shape index (κ2) is 6.40. The Morgan fingerprint density at radius 2 is 1.72 bits per heavy atom. The lowest BCUT2D eigenvalue weighted by Gasteiger charge is -2.16. The molecule has 2 aromatic heterocycles. The lowest BCUT2D eigenvalue weighted by Crippen LogP contribution is -2.19. The minimum Gasteiger partial charge on any atom is -0.358 e. The molecule has 0 aliphatic heterocycles. The minimum atomic E-state index is -0.232. The molecule has 0 unspecified atom stereocenters. The number of aromatic nitrogens is 2. The number of halogens is 1. The summed E-state index contributed by atoms with van der Waals surface area (Å²) in [6, 6.07) is 20.7. The molecule has 1 atom stereocenters. The molecule has 124 valence electrons. The van der Waals surface area contributed by atoms with Crippen molar-refractivity contribution in [1.29, 1.82) is 0 Å². The average molecular weight is 332 g/mol. The Balaban J connectivity index is 1.87. The number of rotatable bonds is 4. The number of benzene rings is 2. The molecule has 4 heteroatoms. The van der Waals surface area contributed by atoms with E-state index in [1.54, 1.807) is 0 Å². The summed E-state index contributed by atoms with van der Waals surface area (Å²) in [6.45, 7) is 2.07. The van der Waals surface area contributed by atoms with Crippen molar-refractivity contribution < 1.29 is 9.37 Å². The summed E-state index contributed by atoms with van der Waals surface area (Å²) in [5.74, 6) is 0.672. The van der Waals surface area contributed by atoms with Crippen LogP contribution in [0, 0.1) is 12.7 Å². The largest absolute Gasteiger partial charge is 0.358 e. The van der Waals surface area contributed by atoms with E-state index in [0.29, 0.717) is 0 Å². The molecule has 0 radical (unpaired) electrons. The van der Waals surface area contributed by atoms with E-state index in [0.717, 1.165) is 28.0 Å². The molecular weight excluding hydrogens is 313 g/mol. The van der Waals surface area contributed by atoms with E-state index in [-0.39, 0.29) is 11.9 Å². The van der Waals surface area contributed by atoms with Gasteiger partial charge in [-0.1, -0.05) is 36.4 Å². The van der Waals surface area contributed by atoms with E-state index in [2.05, 4.69) is 34.3 Å². The molecule has 0 saturated carbocycles.